The summed E-state index contributed by atoms with van der Waals surface area (Å²) in [5.74, 6) is -0.197. The number of halogens is 1. The maximum Gasteiger partial charge on any atom is 0.308 e. The van der Waals surface area contributed by atoms with E-state index in [1.165, 1.54) is 0 Å². The Hall–Kier alpha value is -0.130. The molecule has 0 unspecified atom stereocenters. The molecule has 0 rings (SSSR count). The second kappa shape index (κ2) is 8.06. The van der Waals surface area contributed by atoms with E-state index in [0.29, 0.717) is 19.6 Å². The molecule has 0 aromatic heterocycles. The third-order valence-electron chi connectivity index (χ3n) is 1.78. The molecule has 4 nitrogen and oxygen atoms in total. The summed E-state index contributed by atoms with van der Waals surface area (Å²) in [6.45, 7) is 7.64. The monoisotopic (exact) mass is 312 g/mol. The van der Waals surface area contributed by atoms with E-state index in [0.717, 1.165) is 11.0 Å². The molecule has 5 heteroatoms. The number of carbonyl (C=O) groups is 1. The molecular weight excluding hydrogens is 286 g/mol. The second-order valence-corrected chi connectivity index (χ2v) is 5.96. The first kappa shape index (κ1) is 19.2. The van der Waals surface area contributed by atoms with Crippen LogP contribution in [0.2, 0.25) is 0 Å². The van der Waals surface area contributed by atoms with Gasteiger partial charge in [-0.3, -0.25) is 4.79 Å². The Morgan fingerprint density at radius 2 is 1.65 bits per heavy atom. The van der Waals surface area contributed by atoms with E-state index < -0.39 is 5.60 Å². The molecule has 0 aliphatic heterocycles. The van der Waals surface area contributed by atoms with E-state index in [4.69, 9.17) is 9.47 Å². The number of rotatable bonds is 6. The standard InChI is InChI=1S/C12H26NO3.BrH/c1-12(2,3)16-11(14)7-9-15-10-8-13(4,5)6;/h7-10H2,1-6H3;1H/q+1;. The van der Waals surface area contributed by atoms with Gasteiger partial charge in [0.05, 0.1) is 40.8 Å². The van der Waals surface area contributed by atoms with Gasteiger partial charge in [0.2, 0.25) is 0 Å². The van der Waals surface area contributed by atoms with Crippen LogP contribution in [-0.4, -0.2) is 57.0 Å². The molecular formula is C12H27BrNO3+. The van der Waals surface area contributed by atoms with Crippen molar-refractivity contribution in [3.63, 3.8) is 0 Å². The fourth-order valence-corrected chi connectivity index (χ4v) is 0.989. The van der Waals surface area contributed by atoms with Crippen LogP contribution in [0.25, 0.3) is 0 Å². The number of nitrogens with zero attached hydrogens (tertiary/aromatic N) is 1. The summed E-state index contributed by atoms with van der Waals surface area (Å²) in [4.78, 5) is 11.3. The fraction of sp³-hybridized carbons (Fsp3) is 0.917. The van der Waals surface area contributed by atoms with E-state index >= 15 is 0 Å². The summed E-state index contributed by atoms with van der Waals surface area (Å²) < 4.78 is 11.4. The van der Waals surface area contributed by atoms with Crippen LogP contribution >= 0.6 is 17.0 Å². The number of ether oxygens (including phenoxy) is 2. The summed E-state index contributed by atoms with van der Waals surface area (Å²) in [5.41, 5.74) is -0.403. The summed E-state index contributed by atoms with van der Waals surface area (Å²) in [6, 6.07) is 0. The van der Waals surface area contributed by atoms with Gasteiger partial charge in [0.15, 0.2) is 0 Å². The average Bonchev–Trinajstić information content (AvgIpc) is 1.97. The second-order valence-electron chi connectivity index (χ2n) is 5.96. The van der Waals surface area contributed by atoms with Gasteiger partial charge in [0.25, 0.3) is 0 Å². The lowest BCUT2D eigenvalue weighted by Gasteiger charge is -2.23. The molecule has 0 saturated carbocycles. The summed E-state index contributed by atoms with van der Waals surface area (Å²) in [6.07, 6.45) is 0.328. The van der Waals surface area contributed by atoms with Crippen molar-refractivity contribution in [1.82, 2.24) is 0 Å². The number of hydrogen-bond donors (Lipinski definition) is 0. The van der Waals surface area contributed by atoms with Crippen molar-refractivity contribution in [2.75, 3.05) is 40.9 Å². The van der Waals surface area contributed by atoms with Gasteiger partial charge in [-0.15, -0.1) is 17.0 Å². The molecule has 0 aliphatic carbocycles. The Morgan fingerprint density at radius 1 is 1.12 bits per heavy atom. The van der Waals surface area contributed by atoms with Crippen LogP contribution < -0.4 is 0 Å². The molecule has 0 aromatic carbocycles. The van der Waals surface area contributed by atoms with Crippen molar-refractivity contribution in [2.45, 2.75) is 32.8 Å². The first-order chi connectivity index (χ1) is 7.10. The largest absolute Gasteiger partial charge is 0.460 e. The summed E-state index contributed by atoms with van der Waals surface area (Å²) >= 11 is 0. The number of carbonyl (C=O) groups excluding carboxylic acids is 1. The normalized spacial score (nSPS) is 11.9. The van der Waals surface area contributed by atoms with Gasteiger partial charge in [-0.1, -0.05) is 0 Å². The highest BCUT2D eigenvalue weighted by Crippen LogP contribution is 2.08. The Labute approximate surface area is 116 Å². The van der Waals surface area contributed by atoms with Gasteiger partial charge in [-0.25, -0.2) is 0 Å². The van der Waals surface area contributed by atoms with Crippen LogP contribution in [0.3, 0.4) is 0 Å². The van der Waals surface area contributed by atoms with Crippen molar-refractivity contribution in [3.8, 4) is 0 Å². The predicted octanol–water partition coefficient (Wildman–Crippen LogP) is 2.02. The summed E-state index contributed by atoms with van der Waals surface area (Å²) in [5, 5.41) is 0. The highest BCUT2D eigenvalue weighted by molar-refractivity contribution is 8.93. The van der Waals surface area contributed by atoms with Crippen LogP contribution in [0, 0.1) is 0 Å². The van der Waals surface area contributed by atoms with Crippen LogP contribution in [0.1, 0.15) is 27.2 Å². The zero-order chi connectivity index (χ0) is 12.8. The van der Waals surface area contributed by atoms with Gasteiger partial charge in [-0.05, 0) is 20.8 Å². The molecule has 0 aliphatic rings. The maximum absolute atomic E-state index is 11.3. The smallest absolute Gasteiger partial charge is 0.308 e. The molecule has 17 heavy (non-hydrogen) atoms. The van der Waals surface area contributed by atoms with E-state index in [1.807, 2.05) is 20.8 Å². The lowest BCUT2D eigenvalue weighted by Crippen LogP contribution is -2.37. The van der Waals surface area contributed by atoms with E-state index in [-0.39, 0.29) is 23.0 Å². The minimum Gasteiger partial charge on any atom is -0.460 e. The fourth-order valence-electron chi connectivity index (χ4n) is 0.989. The number of quaternary nitrogens is 1. The first-order valence-corrected chi connectivity index (χ1v) is 5.70. The molecule has 0 amide bonds. The van der Waals surface area contributed by atoms with Crippen LogP contribution in [-0.2, 0) is 14.3 Å². The van der Waals surface area contributed by atoms with Gasteiger partial charge < -0.3 is 14.0 Å². The number of esters is 1. The van der Waals surface area contributed by atoms with E-state index in [9.17, 15) is 4.79 Å². The molecule has 104 valence electrons. The van der Waals surface area contributed by atoms with Crippen molar-refractivity contribution in [1.29, 1.82) is 0 Å². The highest BCUT2D eigenvalue weighted by Gasteiger charge is 2.15. The SMILES string of the molecule is Br.CC(C)(C)OC(=O)CCOCC[N+](C)(C)C. The molecule has 0 atom stereocenters. The van der Waals surface area contributed by atoms with Crippen molar-refractivity contribution < 1.29 is 18.8 Å². The van der Waals surface area contributed by atoms with Crippen molar-refractivity contribution in [3.05, 3.63) is 0 Å². The third-order valence-corrected chi connectivity index (χ3v) is 1.78. The topological polar surface area (TPSA) is 35.5 Å². The third kappa shape index (κ3) is 15.9. The summed E-state index contributed by atoms with van der Waals surface area (Å²) in [7, 11) is 6.33. The van der Waals surface area contributed by atoms with Gasteiger partial charge >= 0.3 is 5.97 Å². The lowest BCUT2D eigenvalue weighted by molar-refractivity contribution is -0.870. The molecule has 0 fully saturated rings. The zero-order valence-electron chi connectivity index (χ0n) is 11.9. The van der Waals surface area contributed by atoms with Crippen LogP contribution in [0.5, 0.6) is 0 Å². The van der Waals surface area contributed by atoms with Gasteiger partial charge in [0.1, 0.15) is 12.1 Å². The quantitative estimate of drug-likeness (QED) is 0.427. The average molecular weight is 313 g/mol. The molecule has 0 N–H and O–H groups in total. The molecule has 0 spiro atoms. The maximum atomic E-state index is 11.3. The minimum absolute atomic E-state index is 0. The molecule has 0 bridgehead atoms. The lowest BCUT2D eigenvalue weighted by atomic mass is 10.2. The van der Waals surface area contributed by atoms with E-state index in [1.54, 1.807) is 0 Å². The number of likely N-dealkylation sites (N-methyl/N-ethyl adjacent to an activating group) is 1. The molecule has 0 saturated heterocycles. The van der Waals surface area contributed by atoms with Gasteiger partial charge in [-0.2, -0.15) is 0 Å². The van der Waals surface area contributed by atoms with Crippen LogP contribution in [0.15, 0.2) is 0 Å². The number of hydrogen-bond acceptors (Lipinski definition) is 3. The minimum atomic E-state index is -0.403. The molecule has 0 aromatic rings. The molecule has 0 heterocycles. The Morgan fingerprint density at radius 3 is 2.06 bits per heavy atom. The Balaban J connectivity index is 0. The Bertz CT molecular complexity index is 219. The first-order valence-electron chi connectivity index (χ1n) is 5.70. The predicted molar refractivity (Wildman–Crippen MR) is 74.5 cm³/mol. The highest BCUT2D eigenvalue weighted by atomic mass is 79.9. The van der Waals surface area contributed by atoms with Crippen molar-refractivity contribution in [2.24, 2.45) is 0 Å². The Kier molecular flexibility index (Phi) is 9.11. The van der Waals surface area contributed by atoms with Gasteiger partial charge in [0, 0.05) is 0 Å². The van der Waals surface area contributed by atoms with Crippen LogP contribution in [0.4, 0.5) is 0 Å². The zero-order valence-corrected chi connectivity index (χ0v) is 13.6. The molecule has 0 radical (unpaired) electrons. The van der Waals surface area contributed by atoms with Crippen molar-refractivity contribution >= 4 is 23.0 Å². The van der Waals surface area contributed by atoms with E-state index in [2.05, 4.69) is 21.1 Å².